The Kier molecular flexibility index (Phi) is 6.02. The highest BCUT2D eigenvalue weighted by Gasteiger charge is 2.17. The molecule has 27 heavy (non-hydrogen) atoms. The number of hydrogen-bond donors (Lipinski definition) is 1. The summed E-state index contributed by atoms with van der Waals surface area (Å²) in [6.07, 6.45) is 1.52. The summed E-state index contributed by atoms with van der Waals surface area (Å²) in [6, 6.07) is 8.64. The van der Waals surface area contributed by atoms with Crippen LogP contribution in [0.4, 0.5) is 0 Å². The van der Waals surface area contributed by atoms with E-state index in [0.29, 0.717) is 22.5 Å². The van der Waals surface area contributed by atoms with E-state index in [4.69, 9.17) is 18.3 Å². The minimum Gasteiger partial charge on any atom is -0.497 e. The molecule has 2 aromatic heterocycles. The van der Waals surface area contributed by atoms with Gasteiger partial charge in [-0.3, -0.25) is 4.79 Å². The quantitative estimate of drug-likeness (QED) is 0.586. The average Bonchev–Trinajstić information content (AvgIpc) is 3.37. The van der Waals surface area contributed by atoms with Gasteiger partial charge < -0.3 is 23.6 Å². The molecule has 0 saturated carbocycles. The summed E-state index contributed by atoms with van der Waals surface area (Å²) in [6.45, 7) is 1.88. The third-order valence-electron chi connectivity index (χ3n) is 3.75. The van der Waals surface area contributed by atoms with Crippen molar-refractivity contribution >= 4 is 17.7 Å². The number of furan rings is 1. The second-order valence-electron chi connectivity index (χ2n) is 5.54. The summed E-state index contributed by atoms with van der Waals surface area (Å²) in [5.41, 5.74) is 0.827. The lowest BCUT2D eigenvalue weighted by Crippen LogP contribution is -2.28. The van der Waals surface area contributed by atoms with Gasteiger partial charge in [-0.2, -0.15) is 0 Å². The topological polar surface area (TPSA) is 99.6 Å². The highest BCUT2D eigenvalue weighted by Crippen LogP contribution is 2.29. The van der Waals surface area contributed by atoms with Gasteiger partial charge in [-0.25, -0.2) is 0 Å². The van der Waals surface area contributed by atoms with E-state index in [1.807, 2.05) is 13.0 Å². The molecule has 0 bridgehead atoms. The van der Waals surface area contributed by atoms with Gasteiger partial charge in [0, 0.05) is 5.56 Å². The third kappa shape index (κ3) is 4.62. The molecule has 0 aliphatic rings. The first kappa shape index (κ1) is 18.8. The number of amides is 1. The van der Waals surface area contributed by atoms with Crippen molar-refractivity contribution in [3.05, 3.63) is 42.2 Å². The minimum atomic E-state index is -0.260. The Morgan fingerprint density at radius 3 is 2.81 bits per heavy atom. The Labute approximate surface area is 160 Å². The molecule has 0 aliphatic heterocycles. The summed E-state index contributed by atoms with van der Waals surface area (Å²) >= 11 is 1.15. The van der Waals surface area contributed by atoms with Gasteiger partial charge in [0.15, 0.2) is 5.76 Å². The molecule has 9 heteroatoms. The van der Waals surface area contributed by atoms with Crippen LogP contribution in [0.3, 0.4) is 0 Å². The molecule has 1 atom stereocenters. The van der Waals surface area contributed by atoms with E-state index in [0.717, 1.165) is 17.3 Å². The molecule has 0 aliphatic carbocycles. The van der Waals surface area contributed by atoms with Crippen LogP contribution in [0.15, 0.2) is 50.7 Å². The minimum absolute atomic E-state index is 0.135. The summed E-state index contributed by atoms with van der Waals surface area (Å²) in [5, 5.41) is 11.0. The zero-order valence-corrected chi connectivity index (χ0v) is 15.9. The van der Waals surface area contributed by atoms with Crippen molar-refractivity contribution < 1.29 is 23.1 Å². The van der Waals surface area contributed by atoms with Gasteiger partial charge in [-0.15, -0.1) is 10.2 Å². The first-order valence-corrected chi connectivity index (χ1v) is 9.10. The van der Waals surface area contributed by atoms with Crippen molar-refractivity contribution in [3.8, 4) is 23.1 Å². The first-order chi connectivity index (χ1) is 13.1. The number of ether oxygens (including phenoxy) is 2. The van der Waals surface area contributed by atoms with Gasteiger partial charge in [0.25, 0.3) is 11.1 Å². The van der Waals surface area contributed by atoms with E-state index in [1.54, 1.807) is 38.5 Å². The van der Waals surface area contributed by atoms with Gasteiger partial charge in [0.2, 0.25) is 5.91 Å². The van der Waals surface area contributed by atoms with Crippen molar-refractivity contribution in [2.45, 2.75) is 18.2 Å². The predicted molar refractivity (Wildman–Crippen MR) is 98.8 cm³/mol. The lowest BCUT2D eigenvalue weighted by Gasteiger charge is -2.18. The number of carbonyl (C=O) groups is 1. The molecule has 0 unspecified atom stereocenters. The highest BCUT2D eigenvalue weighted by molar-refractivity contribution is 7.99. The molecule has 0 saturated heterocycles. The van der Waals surface area contributed by atoms with Crippen molar-refractivity contribution in [1.29, 1.82) is 0 Å². The van der Waals surface area contributed by atoms with E-state index in [9.17, 15) is 4.79 Å². The molecule has 2 heterocycles. The SMILES string of the molecule is COc1ccc(OC)c([C@H](C)NC(=O)CSc2nnc(-c3ccco3)o2)c1. The van der Waals surface area contributed by atoms with Crippen LogP contribution >= 0.6 is 11.8 Å². The number of carbonyl (C=O) groups excluding carboxylic acids is 1. The zero-order chi connectivity index (χ0) is 19.2. The summed E-state index contributed by atoms with van der Waals surface area (Å²) in [4.78, 5) is 12.3. The van der Waals surface area contributed by atoms with E-state index < -0.39 is 0 Å². The first-order valence-electron chi connectivity index (χ1n) is 8.12. The fourth-order valence-corrected chi connectivity index (χ4v) is 3.01. The van der Waals surface area contributed by atoms with E-state index in [1.165, 1.54) is 6.26 Å². The molecule has 8 nitrogen and oxygen atoms in total. The van der Waals surface area contributed by atoms with Crippen molar-refractivity contribution in [1.82, 2.24) is 15.5 Å². The molecule has 0 spiro atoms. The number of rotatable bonds is 8. The Morgan fingerprint density at radius 2 is 2.11 bits per heavy atom. The van der Waals surface area contributed by atoms with Gasteiger partial charge in [0.05, 0.1) is 32.3 Å². The highest BCUT2D eigenvalue weighted by atomic mass is 32.2. The zero-order valence-electron chi connectivity index (χ0n) is 15.1. The predicted octanol–water partition coefficient (Wildman–Crippen LogP) is 3.32. The molecule has 1 amide bonds. The number of aromatic nitrogens is 2. The van der Waals surface area contributed by atoms with E-state index >= 15 is 0 Å². The summed E-state index contributed by atoms with van der Waals surface area (Å²) < 4.78 is 21.3. The number of benzene rings is 1. The third-order valence-corrected chi connectivity index (χ3v) is 4.56. The van der Waals surface area contributed by atoms with Crippen molar-refractivity contribution in [2.75, 3.05) is 20.0 Å². The molecule has 142 valence electrons. The maximum absolute atomic E-state index is 12.3. The number of nitrogens with zero attached hydrogens (tertiary/aromatic N) is 2. The second kappa shape index (κ2) is 8.63. The van der Waals surface area contributed by atoms with Crippen LogP contribution in [0.5, 0.6) is 11.5 Å². The summed E-state index contributed by atoms with van der Waals surface area (Å²) in [5.74, 6) is 2.09. The molecular weight excluding hydrogens is 370 g/mol. The molecule has 0 radical (unpaired) electrons. The second-order valence-corrected chi connectivity index (χ2v) is 6.46. The Bertz CT molecular complexity index is 894. The van der Waals surface area contributed by atoms with Gasteiger partial charge >= 0.3 is 0 Å². The standard InChI is InChI=1S/C18H19N3O5S/c1-11(13-9-12(23-2)6-7-14(13)24-3)19-16(22)10-27-18-21-20-17(26-18)15-5-4-8-25-15/h4-9,11H,10H2,1-3H3,(H,19,22)/t11-/m0/s1. The monoisotopic (exact) mass is 389 g/mol. The molecule has 3 aromatic rings. The van der Waals surface area contributed by atoms with Crippen LogP contribution < -0.4 is 14.8 Å². The van der Waals surface area contributed by atoms with E-state index in [-0.39, 0.29) is 23.6 Å². The van der Waals surface area contributed by atoms with Crippen LogP contribution in [0.2, 0.25) is 0 Å². The molecule has 1 aromatic carbocycles. The van der Waals surface area contributed by atoms with Crippen LogP contribution in [0.25, 0.3) is 11.7 Å². The average molecular weight is 389 g/mol. The maximum Gasteiger partial charge on any atom is 0.284 e. The smallest absolute Gasteiger partial charge is 0.284 e. The Balaban J connectivity index is 1.58. The van der Waals surface area contributed by atoms with Gasteiger partial charge in [-0.05, 0) is 37.3 Å². The van der Waals surface area contributed by atoms with Crippen molar-refractivity contribution in [2.24, 2.45) is 0 Å². The number of hydrogen-bond acceptors (Lipinski definition) is 8. The largest absolute Gasteiger partial charge is 0.497 e. The maximum atomic E-state index is 12.3. The fraction of sp³-hybridized carbons (Fsp3) is 0.278. The normalized spacial score (nSPS) is 11.8. The summed E-state index contributed by atoms with van der Waals surface area (Å²) in [7, 11) is 3.18. The van der Waals surface area contributed by atoms with Crippen molar-refractivity contribution in [3.63, 3.8) is 0 Å². The Morgan fingerprint density at radius 1 is 1.26 bits per heavy atom. The van der Waals surface area contributed by atoms with E-state index in [2.05, 4.69) is 15.5 Å². The fourth-order valence-electron chi connectivity index (χ4n) is 2.43. The number of methoxy groups -OCH3 is 2. The van der Waals surface area contributed by atoms with Crippen LogP contribution in [0, 0.1) is 0 Å². The number of nitrogens with one attached hydrogen (secondary N) is 1. The van der Waals surface area contributed by atoms with Gasteiger partial charge in [-0.1, -0.05) is 11.8 Å². The Hall–Kier alpha value is -2.94. The lowest BCUT2D eigenvalue weighted by molar-refractivity contribution is -0.119. The molecular formula is C18H19N3O5S. The van der Waals surface area contributed by atoms with Crippen LogP contribution in [-0.4, -0.2) is 36.1 Å². The molecule has 0 fully saturated rings. The van der Waals surface area contributed by atoms with Crippen LogP contribution in [0.1, 0.15) is 18.5 Å². The van der Waals surface area contributed by atoms with Crippen LogP contribution in [-0.2, 0) is 4.79 Å². The molecule has 1 N–H and O–H groups in total. The molecule has 3 rings (SSSR count). The van der Waals surface area contributed by atoms with Gasteiger partial charge in [0.1, 0.15) is 11.5 Å². The lowest BCUT2D eigenvalue weighted by atomic mass is 10.1. The number of thioether (sulfide) groups is 1.